The second kappa shape index (κ2) is 7.30. The molecule has 0 aromatic heterocycles. The van der Waals surface area contributed by atoms with Crippen molar-refractivity contribution in [3.63, 3.8) is 0 Å². The molecule has 2 rings (SSSR count). The van der Waals surface area contributed by atoms with E-state index in [1.54, 1.807) is 0 Å². The zero-order chi connectivity index (χ0) is 14.4. The van der Waals surface area contributed by atoms with E-state index in [4.69, 9.17) is 4.74 Å². The van der Waals surface area contributed by atoms with E-state index in [0.717, 1.165) is 18.7 Å². The number of hydrogen-bond acceptors (Lipinski definition) is 2. The highest BCUT2D eigenvalue weighted by atomic mass is 16.5. The third-order valence-electron chi connectivity index (χ3n) is 3.63. The molecular weight excluding hydrogens is 246 g/mol. The molecule has 0 radical (unpaired) electrons. The van der Waals surface area contributed by atoms with Gasteiger partial charge in [-0.25, -0.2) is 0 Å². The minimum Gasteiger partial charge on any atom is -0.491 e. The molecule has 20 heavy (non-hydrogen) atoms. The van der Waals surface area contributed by atoms with Crippen LogP contribution in [0.3, 0.4) is 0 Å². The lowest BCUT2D eigenvalue weighted by Crippen LogP contribution is -2.39. The van der Waals surface area contributed by atoms with Gasteiger partial charge in [0, 0.05) is 11.4 Å². The van der Waals surface area contributed by atoms with Gasteiger partial charge in [0.05, 0.1) is 0 Å². The maximum absolute atomic E-state index is 6.08. The van der Waals surface area contributed by atoms with E-state index in [-0.39, 0.29) is 0 Å². The molecular formula is C18H25NO. The van der Waals surface area contributed by atoms with Gasteiger partial charge in [0.25, 0.3) is 0 Å². The molecule has 0 saturated carbocycles. The minimum absolute atomic E-state index is 0.397. The Kier molecular flexibility index (Phi) is 5.42. The first-order valence-corrected chi connectivity index (χ1v) is 7.56. The van der Waals surface area contributed by atoms with Gasteiger partial charge in [-0.3, -0.25) is 0 Å². The first kappa shape index (κ1) is 14.9. The molecule has 2 heteroatoms. The SMILES string of the molecule is CCCNC(COc1cccc2ccccc12)C(C)C. The summed E-state index contributed by atoms with van der Waals surface area (Å²) in [6, 6.07) is 15.0. The van der Waals surface area contributed by atoms with Crippen LogP contribution in [-0.2, 0) is 0 Å². The van der Waals surface area contributed by atoms with Gasteiger partial charge in [-0.05, 0) is 30.3 Å². The Labute approximate surface area is 122 Å². The summed E-state index contributed by atoms with van der Waals surface area (Å²) in [6.45, 7) is 8.42. The Morgan fingerprint density at radius 2 is 1.80 bits per heavy atom. The van der Waals surface area contributed by atoms with Gasteiger partial charge >= 0.3 is 0 Å². The van der Waals surface area contributed by atoms with Crippen LogP contribution in [0.25, 0.3) is 10.8 Å². The molecule has 0 amide bonds. The summed E-state index contributed by atoms with van der Waals surface area (Å²) >= 11 is 0. The van der Waals surface area contributed by atoms with Crippen molar-refractivity contribution in [3.8, 4) is 5.75 Å². The third kappa shape index (κ3) is 3.73. The monoisotopic (exact) mass is 271 g/mol. The van der Waals surface area contributed by atoms with Crippen molar-refractivity contribution < 1.29 is 4.74 Å². The molecule has 108 valence electrons. The Balaban J connectivity index is 2.07. The maximum atomic E-state index is 6.08. The number of nitrogens with one attached hydrogen (secondary N) is 1. The number of ether oxygens (including phenoxy) is 1. The van der Waals surface area contributed by atoms with Crippen LogP contribution in [0, 0.1) is 5.92 Å². The van der Waals surface area contributed by atoms with Crippen LogP contribution >= 0.6 is 0 Å². The van der Waals surface area contributed by atoms with Crippen LogP contribution in [0.5, 0.6) is 5.75 Å². The van der Waals surface area contributed by atoms with Crippen LogP contribution in [0.1, 0.15) is 27.2 Å². The quantitative estimate of drug-likeness (QED) is 0.813. The summed E-state index contributed by atoms with van der Waals surface area (Å²) in [5.41, 5.74) is 0. The number of benzene rings is 2. The summed E-state index contributed by atoms with van der Waals surface area (Å²) in [5, 5.41) is 5.98. The van der Waals surface area contributed by atoms with Gasteiger partial charge in [0.2, 0.25) is 0 Å². The number of hydrogen-bond donors (Lipinski definition) is 1. The molecule has 0 aliphatic carbocycles. The van der Waals surface area contributed by atoms with Crippen molar-refractivity contribution in [1.82, 2.24) is 5.32 Å². The lowest BCUT2D eigenvalue weighted by Gasteiger charge is -2.23. The van der Waals surface area contributed by atoms with Crippen LogP contribution in [0.2, 0.25) is 0 Å². The second-order valence-corrected chi connectivity index (χ2v) is 5.59. The number of fused-ring (bicyclic) bond motifs is 1. The third-order valence-corrected chi connectivity index (χ3v) is 3.63. The molecule has 1 atom stereocenters. The van der Waals surface area contributed by atoms with Crippen LogP contribution < -0.4 is 10.1 Å². The highest BCUT2D eigenvalue weighted by Crippen LogP contribution is 2.25. The van der Waals surface area contributed by atoms with Gasteiger partial charge in [0.1, 0.15) is 12.4 Å². The van der Waals surface area contributed by atoms with E-state index in [1.165, 1.54) is 10.8 Å². The minimum atomic E-state index is 0.397. The summed E-state index contributed by atoms with van der Waals surface area (Å²) in [5.74, 6) is 1.54. The van der Waals surface area contributed by atoms with Crippen LogP contribution in [0.4, 0.5) is 0 Å². The van der Waals surface area contributed by atoms with Gasteiger partial charge in [-0.2, -0.15) is 0 Å². The standard InChI is InChI=1S/C18H25NO/c1-4-12-19-17(14(2)3)13-20-18-11-7-9-15-8-5-6-10-16(15)18/h5-11,14,17,19H,4,12-13H2,1-3H3. The first-order chi connectivity index (χ1) is 9.72. The highest BCUT2D eigenvalue weighted by Gasteiger charge is 2.13. The van der Waals surface area contributed by atoms with Gasteiger partial charge in [0.15, 0.2) is 0 Å². The smallest absolute Gasteiger partial charge is 0.127 e. The zero-order valence-corrected chi connectivity index (χ0v) is 12.7. The fourth-order valence-electron chi connectivity index (χ4n) is 2.32. The Bertz CT molecular complexity index is 530. The van der Waals surface area contributed by atoms with E-state index >= 15 is 0 Å². The van der Waals surface area contributed by atoms with Crippen LogP contribution in [-0.4, -0.2) is 19.2 Å². The largest absolute Gasteiger partial charge is 0.491 e. The normalized spacial score (nSPS) is 12.8. The molecule has 2 aromatic rings. The lowest BCUT2D eigenvalue weighted by molar-refractivity contribution is 0.232. The maximum Gasteiger partial charge on any atom is 0.127 e. The van der Waals surface area contributed by atoms with Crippen molar-refractivity contribution in [3.05, 3.63) is 42.5 Å². The molecule has 2 nitrogen and oxygen atoms in total. The second-order valence-electron chi connectivity index (χ2n) is 5.59. The van der Waals surface area contributed by atoms with Gasteiger partial charge in [-0.15, -0.1) is 0 Å². The predicted octanol–water partition coefficient (Wildman–Crippen LogP) is 4.24. The highest BCUT2D eigenvalue weighted by molar-refractivity contribution is 5.88. The molecule has 0 fully saturated rings. The van der Waals surface area contributed by atoms with Gasteiger partial charge < -0.3 is 10.1 Å². The molecule has 0 saturated heterocycles. The fourth-order valence-corrected chi connectivity index (χ4v) is 2.32. The summed E-state index contributed by atoms with van der Waals surface area (Å²) in [6.07, 6.45) is 1.15. The first-order valence-electron chi connectivity index (χ1n) is 7.56. The Morgan fingerprint density at radius 3 is 2.55 bits per heavy atom. The van der Waals surface area contributed by atoms with E-state index < -0.39 is 0 Å². The van der Waals surface area contributed by atoms with Crippen molar-refractivity contribution in [2.75, 3.05) is 13.2 Å². The molecule has 0 heterocycles. The Hall–Kier alpha value is -1.54. The molecule has 2 aromatic carbocycles. The molecule has 0 aliphatic rings. The Morgan fingerprint density at radius 1 is 1.05 bits per heavy atom. The summed E-state index contributed by atoms with van der Waals surface area (Å²) in [7, 11) is 0. The van der Waals surface area contributed by atoms with Crippen molar-refractivity contribution in [2.45, 2.75) is 33.2 Å². The molecule has 0 bridgehead atoms. The van der Waals surface area contributed by atoms with Crippen LogP contribution in [0.15, 0.2) is 42.5 Å². The summed E-state index contributed by atoms with van der Waals surface area (Å²) < 4.78 is 6.08. The van der Waals surface area contributed by atoms with Crippen molar-refractivity contribution >= 4 is 10.8 Å². The summed E-state index contributed by atoms with van der Waals surface area (Å²) in [4.78, 5) is 0. The topological polar surface area (TPSA) is 21.3 Å². The molecule has 0 spiro atoms. The van der Waals surface area contributed by atoms with Crippen molar-refractivity contribution in [1.29, 1.82) is 0 Å². The average Bonchev–Trinajstić information content (AvgIpc) is 2.47. The lowest BCUT2D eigenvalue weighted by atomic mass is 10.1. The van der Waals surface area contributed by atoms with E-state index in [0.29, 0.717) is 18.6 Å². The predicted molar refractivity (Wildman–Crippen MR) is 86.4 cm³/mol. The van der Waals surface area contributed by atoms with E-state index in [2.05, 4.69) is 68.6 Å². The van der Waals surface area contributed by atoms with E-state index in [1.807, 2.05) is 0 Å². The molecule has 1 N–H and O–H groups in total. The fraction of sp³-hybridized carbons (Fsp3) is 0.444. The van der Waals surface area contributed by atoms with Crippen molar-refractivity contribution in [2.24, 2.45) is 5.92 Å². The average molecular weight is 271 g/mol. The van der Waals surface area contributed by atoms with E-state index in [9.17, 15) is 0 Å². The molecule has 1 unspecified atom stereocenters. The molecule has 0 aliphatic heterocycles. The zero-order valence-electron chi connectivity index (χ0n) is 12.7. The van der Waals surface area contributed by atoms with Gasteiger partial charge in [-0.1, -0.05) is 57.2 Å². The number of rotatable bonds is 7.